The highest BCUT2D eigenvalue weighted by molar-refractivity contribution is 6.14. The molecular formula is C19H22O4. The van der Waals surface area contributed by atoms with E-state index < -0.39 is 17.3 Å². The molecule has 0 spiro atoms. The van der Waals surface area contributed by atoms with Crippen molar-refractivity contribution in [1.82, 2.24) is 0 Å². The Hall–Kier alpha value is -1.71. The summed E-state index contributed by atoms with van der Waals surface area (Å²) in [4.78, 5) is 39.6. The lowest BCUT2D eigenvalue weighted by Gasteiger charge is -2.51. The van der Waals surface area contributed by atoms with Crippen molar-refractivity contribution < 1.29 is 19.1 Å². The van der Waals surface area contributed by atoms with Gasteiger partial charge in [0.2, 0.25) is 0 Å². The van der Waals surface area contributed by atoms with Gasteiger partial charge in [-0.05, 0) is 30.1 Å². The number of carbonyl (C=O) groups is 3. The van der Waals surface area contributed by atoms with Crippen molar-refractivity contribution in [2.75, 3.05) is 7.11 Å². The van der Waals surface area contributed by atoms with E-state index in [4.69, 9.17) is 4.74 Å². The second-order valence-corrected chi connectivity index (χ2v) is 7.64. The first-order chi connectivity index (χ1) is 10.9. The van der Waals surface area contributed by atoms with Crippen molar-refractivity contribution in [2.45, 2.75) is 20.3 Å². The Morgan fingerprint density at radius 2 is 1.74 bits per heavy atom. The van der Waals surface area contributed by atoms with Crippen LogP contribution in [0.3, 0.4) is 0 Å². The Morgan fingerprint density at radius 1 is 1.09 bits per heavy atom. The van der Waals surface area contributed by atoms with Gasteiger partial charge in [-0.25, -0.2) is 0 Å². The van der Waals surface area contributed by atoms with Gasteiger partial charge in [0.1, 0.15) is 11.2 Å². The number of Topliss-reactive ketones (excluding diaryl/α,β-unsaturated/α-hetero) is 2. The fourth-order valence-electron chi connectivity index (χ4n) is 5.80. The van der Waals surface area contributed by atoms with E-state index in [0.717, 1.165) is 6.42 Å². The highest BCUT2D eigenvalue weighted by atomic mass is 16.5. The summed E-state index contributed by atoms with van der Waals surface area (Å²) in [7, 11) is 1.31. The van der Waals surface area contributed by atoms with Crippen molar-refractivity contribution in [3.63, 3.8) is 0 Å². The van der Waals surface area contributed by atoms with Gasteiger partial charge in [-0.1, -0.05) is 38.2 Å². The summed E-state index contributed by atoms with van der Waals surface area (Å²) in [5, 5.41) is 0. The van der Waals surface area contributed by atoms with Gasteiger partial charge in [-0.3, -0.25) is 14.4 Å². The number of methoxy groups -OCH3 is 1. The van der Waals surface area contributed by atoms with E-state index in [0.29, 0.717) is 0 Å². The summed E-state index contributed by atoms with van der Waals surface area (Å²) in [6, 6.07) is 0. The molecule has 2 bridgehead atoms. The molecule has 4 rings (SSSR count). The zero-order chi connectivity index (χ0) is 16.5. The summed E-state index contributed by atoms with van der Waals surface area (Å²) in [6.45, 7) is 3.79. The van der Waals surface area contributed by atoms with E-state index in [1.54, 1.807) is 0 Å². The Balaban J connectivity index is 1.93. The molecule has 2 saturated carbocycles. The summed E-state index contributed by atoms with van der Waals surface area (Å²) in [6.07, 6.45) is 8.91. The van der Waals surface area contributed by atoms with Crippen LogP contribution in [0.5, 0.6) is 0 Å². The third-order valence-corrected chi connectivity index (χ3v) is 6.77. The molecule has 23 heavy (non-hydrogen) atoms. The third-order valence-electron chi connectivity index (χ3n) is 6.77. The Labute approximate surface area is 136 Å². The van der Waals surface area contributed by atoms with Gasteiger partial charge in [0.25, 0.3) is 0 Å². The molecule has 4 unspecified atom stereocenters. The highest BCUT2D eigenvalue weighted by Gasteiger charge is 2.70. The molecule has 0 aromatic heterocycles. The second-order valence-electron chi connectivity index (χ2n) is 7.64. The SMILES string of the molecule is COC(=O)[C@]12C(=O)C3C(C(=O)[C@@H]1C(C)C=CC2C)[C@@H]1C=C[C@H]3C1. The van der Waals surface area contributed by atoms with Crippen molar-refractivity contribution in [3.05, 3.63) is 24.3 Å². The second kappa shape index (κ2) is 4.65. The molecule has 122 valence electrons. The molecule has 2 fully saturated rings. The van der Waals surface area contributed by atoms with Gasteiger partial charge >= 0.3 is 5.97 Å². The van der Waals surface area contributed by atoms with E-state index in [2.05, 4.69) is 12.2 Å². The molecule has 0 amide bonds. The number of ether oxygens (including phenoxy) is 1. The standard InChI is InChI=1S/C19H22O4/c1-9-4-5-10(2)19(18(22)23-3)15(9)16(20)13-11-6-7-12(8-11)14(13)17(19)21/h4-7,9-15H,8H2,1-3H3/t9?,10?,11-,12+,13?,14?,15+,19+/m1/s1. The van der Waals surface area contributed by atoms with Crippen LogP contribution >= 0.6 is 0 Å². The smallest absolute Gasteiger partial charge is 0.320 e. The number of allylic oxidation sites excluding steroid dienone is 4. The largest absolute Gasteiger partial charge is 0.468 e. The predicted molar refractivity (Wildman–Crippen MR) is 83.1 cm³/mol. The molecule has 0 aromatic carbocycles. The molecule has 0 saturated heterocycles. The molecular weight excluding hydrogens is 292 g/mol. The first-order valence-corrected chi connectivity index (χ1v) is 8.47. The minimum atomic E-state index is -1.33. The number of hydrogen-bond acceptors (Lipinski definition) is 4. The first-order valence-electron chi connectivity index (χ1n) is 8.47. The number of fused-ring (bicyclic) bond motifs is 6. The molecule has 4 nitrogen and oxygen atoms in total. The molecule has 0 N–H and O–H groups in total. The molecule has 0 aliphatic heterocycles. The van der Waals surface area contributed by atoms with E-state index >= 15 is 0 Å². The van der Waals surface area contributed by atoms with Gasteiger partial charge in [0.05, 0.1) is 7.11 Å². The van der Waals surface area contributed by atoms with Gasteiger partial charge in [-0.15, -0.1) is 0 Å². The monoisotopic (exact) mass is 314 g/mol. The molecule has 0 heterocycles. The quantitative estimate of drug-likeness (QED) is 0.423. The van der Waals surface area contributed by atoms with E-state index in [9.17, 15) is 14.4 Å². The molecule has 4 aliphatic carbocycles. The topological polar surface area (TPSA) is 60.4 Å². The fourth-order valence-corrected chi connectivity index (χ4v) is 5.80. The van der Waals surface area contributed by atoms with Crippen LogP contribution in [0, 0.1) is 46.8 Å². The van der Waals surface area contributed by atoms with Crippen molar-refractivity contribution >= 4 is 17.5 Å². The number of ketones is 2. The lowest BCUT2D eigenvalue weighted by molar-refractivity contribution is -0.179. The number of rotatable bonds is 1. The van der Waals surface area contributed by atoms with Crippen molar-refractivity contribution in [3.8, 4) is 0 Å². The lowest BCUT2D eigenvalue weighted by Crippen LogP contribution is -2.64. The fraction of sp³-hybridized carbons (Fsp3) is 0.632. The summed E-state index contributed by atoms with van der Waals surface area (Å²) in [5.41, 5.74) is -1.33. The maximum atomic E-state index is 13.5. The lowest BCUT2D eigenvalue weighted by atomic mass is 9.48. The van der Waals surface area contributed by atoms with Gasteiger partial charge in [0, 0.05) is 17.8 Å². The summed E-state index contributed by atoms with van der Waals surface area (Å²) in [5.74, 6) is -1.80. The zero-order valence-electron chi connectivity index (χ0n) is 13.7. The zero-order valence-corrected chi connectivity index (χ0v) is 13.7. The molecule has 0 aromatic rings. The van der Waals surface area contributed by atoms with Gasteiger partial charge in [-0.2, -0.15) is 0 Å². The normalized spacial score (nSPS) is 50.0. The highest BCUT2D eigenvalue weighted by Crippen LogP contribution is 2.61. The van der Waals surface area contributed by atoms with Crippen LogP contribution in [0.1, 0.15) is 20.3 Å². The third kappa shape index (κ3) is 1.54. The van der Waals surface area contributed by atoms with Crippen LogP contribution in [-0.2, 0) is 19.1 Å². The number of carbonyl (C=O) groups excluding carboxylic acids is 3. The first kappa shape index (κ1) is 14.9. The van der Waals surface area contributed by atoms with E-state index in [1.165, 1.54) is 7.11 Å². The predicted octanol–water partition coefficient (Wildman–Crippen LogP) is 2.19. The maximum absolute atomic E-state index is 13.5. The summed E-state index contributed by atoms with van der Waals surface area (Å²) < 4.78 is 5.05. The molecule has 8 atom stereocenters. The van der Waals surface area contributed by atoms with Crippen LogP contribution < -0.4 is 0 Å². The van der Waals surface area contributed by atoms with Crippen LogP contribution in [0.15, 0.2) is 24.3 Å². The Kier molecular flexibility index (Phi) is 3.00. The number of hydrogen-bond donors (Lipinski definition) is 0. The Morgan fingerprint density at radius 3 is 2.39 bits per heavy atom. The summed E-state index contributed by atoms with van der Waals surface area (Å²) >= 11 is 0. The van der Waals surface area contributed by atoms with Gasteiger partial charge < -0.3 is 4.74 Å². The van der Waals surface area contributed by atoms with Crippen molar-refractivity contribution in [1.29, 1.82) is 0 Å². The average Bonchev–Trinajstić information content (AvgIpc) is 3.15. The minimum Gasteiger partial charge on any atom is -0.468 e. The molecule has 0 radical (unpaired) electrons. The molecule has 4 aliphatic rings. The maximum Gasteiger partial charge on any atom is 0.320 e. The van der Waals surface area contributed by atoms with Gasteiger partial charge in [0.15, 0.2) is 5.78 Å². The average molecular weight is 314 g/mol. The minimum absolute atomic E-state index is 0.0560. The number of esters is 1. The van der Waals surface area contributed by atoms with E-state index in [1.807, 2.05) is 26.0 Å². The van der Waals surface area contributed by atoms with Crippen LogP contribution in [0.4, 0.5) is 0 Å². The van der Waals surface area contributed by atoms with Crippen molar-refractivity contribution in [2.24, 2.45) is 46.8 Å². The van der Waals surface area contributed by atoms with Crippen LogP contribution in [-0.4, -0.2) is 24.6 Å². The van der Waals surface area contributed by atoms with E-state index in [-0.39, 0.29) is 47.1 Å². The van der Waals surface area contributed by atoms with Crippen LogP contribution in [0.2, 0.25) is 0 Å². The molecule has 4 heteroatoms. The van der Waals surface area contributed by atoms with Crippen LogP contribution in [0.25, 0.3) is 0 Å². The Bertz CT molecular complexity index is 660.